The van der Waals surface area contributed by atoms with Crippen molar-refractivity contribution < 1.29 is 9.53 Å². The topological polar surface area (TPSA) is 29.5 Å². The number of likely N-dealkylation sites (N-methyl/N-ethyl adjacent to an activating group) is 1. The van der Waals surface area contributed by atoms with E-state index in [1.165, 1.54) is 26.4 Å². The molecule has 0 aromatic carbocycles. The molecule has 0 radical (unpaired) electrons. The summed E-state index contributed by atoms with van der Waals surface area (Å²) in [4.78, 5) is 13.6. The Kier molecular flexibility index (Phi) is 4.39. The van der Waals surface area contributed by atoms with Gasteiger partial charge in [0.05, 0.1) is 7.11 Å². The zero-order chi connectivity index (χ0) is 10.6. The molecule has 1 atom stereocenters. The third-order valence-corrected chi connectivity index (χ3v) is 3.10. The van der Waals surface area contributed by atoms with Crippen LogP contribution in [0.25, 0.3) is 0 Å². The number of rotatable bonds is 3. The number of methoxy groups -OCH3 is 1. The van der Waals surface area contributed by atoms with Crippen LogP contribution < -0.4 is 0 Å². The van der Waals surface area contributed by atoms with Crippen molar-refractivity contribution in [2.45, 2.75) is 38.1 Å². The van der Waals surface area contributed by atoms with Crippen LogP contribution in [-0.4, -0.2) is 38.1 Å². The molecule has 1 aliphatic rings. The smallest absolute Gasteiger partial charge is 0.323 e. The molecule has 82 valence electrons. The Hall–Kier alpha value is -0.570. The maximum Gasteiger partial charge on any atom is 0.323 e. The Morgan fingerprint density at radius 2 is 1.86 bits per heavy atom. The third-order valence-electron chi connectivity index (χ3n) is 3.10. The molecule has 0 bridgehead atoms. The van der Waals surface area contributed by atoms with E-state index >= 15 is 0 Å². The highest BCUT2D eigenvalue weighted by Crippen LogP contribution is 2.28. The van der Waals surface area contributed by atoms with Crippen molar-refractivity contribution in [1.29, 1.82) is 0 Å². The zero-order valence-electron chi connectivity index (χ0n) is 9.45. The van der Waals surface area contributed by atoms with Gasteiger partial charge in [-0.2, -0.15) is 0 Å². The maximum atomic E-state index is 11.6. The second kappa shape index (κ2) is 5.35. The van der Waals surface area contributed by atoms with Crippen molar-refractivity contribution in [2.24, 2.45) is 5.92 Å². The van der Waals surface area contributed by atoms with Crippen LogP contribution >= 0.6 is 0 Å². The molecule has 0 N–H and O–H groups in total. The van der Waals surface area contributed by atoms with Crippen LogP contribution in [-0.2, 0) is 9.53 Å². The van der Waals surface area contributed by atoms with E-state index < -0.39 is 0 Å². The number of ether oxygens (including phenoxy) is 1. The van der Waals surface area contributed by atoms with Crippen LogP contribution in [0.2, 0.25) is 0 Å². The highest BCUT2D eigenvalue weighted by molar-refractivity contribution is 5.76. The monoisotopic (exact) mass is 199 g/mol. The van der Waals surface area contributed by atoms with E-state index in [0.29, 0.717) is 5.92 Å². The molecule has 0 saturated heterocycles. The molecule has 0 aliphatic heterocycles. The molecule has 0 aromatic heterocycles. The molecule has 1 saturated carbocycles. The normalized spacial score (nSPS) is 20.9. The Balaban J connectivity index is 2.60. The number of hydrogen-bond donors (Lipinski definition) is 0. The van der Waals surface area contributed by atoms with Gasteiger partial charge in [-0.15, -0.1) is 0 Å². The number of hydrogen-bond acceptors (Lipinski definition) is 3. The molecular weight excluding hydrogens is 178 g/mol. The first-order valence-corrected chi connectivity index (χ1v) is 5.41. The fourth-order valence-corrected chi connectivity index (χ4v) is 2.40. The fraction of sp³-hybridized carbons (Fsp3) is 0.909. The standard InChI is InChI=1S/C11H21NO2/c1-12(2)10(11(13)14-3)9-7-5-4-6-8-9/h9-10H,4-8H2,1-3H3. The van der Waals surface area contributed by atoms with Crippen LogP contribution in [0.5, 0.6) is 0 Å². The first-order valence-electron chi connectivity index (χ1n) is 5.41. The fourth-order valence-electron chi connectivity index (χ4n) is 2.40. The SMILES string of the molecule is COC(=O)C(C1CCCCC1)N(C)C. The summed E-state index contributed by atoms with van der Waals surface area (Å²) in [5.41, 5.74) is 0. The van der Waals surface area contributed by atoms with E-state index in [1.807, 2.05) is 19.0 Å². The summed E-state index contributed by atoms with van der Waals surface area (Å²) in [5.74, 6) is 0.410. The quantitative estimate of drug-likeness (QED) is 0.648. The highest BCUT2D eigenvalue weighted by Gasteiger charge is 2.31. The van der Waals surface area contributed by atoms with E-state index in [1.54, 1.807) is 0 Å². The van der Waals surface area contributed by atoms with Gasteiger partial charge in [0, 0.05) is 0 Å². The summed E-state index contributed by atoms with van der Waals surface area (Å²) in [5, 5.41) is 0. The van der Waals surface area contributed by atoms with Gasteiger partial charge in [-0.25, -0.2) is 0 Å². The molecule has 1 rings (SSSR count). The molecule has 1 aliphatic carbocycles. The lowest BCUT2D eigenvalue weighted by Crippen LogP contribution is -2.43. The van der Waals surface area contributed by atoms with Crippen LogP contribution in [0.15, 0.2) is 0 Å². The predicted molar refractivity (Wildman–Crippen MR) is 56.1 cm³/mol. The average Bonchev–Trinajstić information content (AvgIpc) is 2.19. The average molecular weight is 199 g/mol. The first kappa shape index (κ1) is 11.5. The second-order valence-corrected chi connectivity index (χ2v) is 4.33. The summed E-state index contributed by atoms with van der Waals surface area (Å²) in [6, 6.07) is -0.0414. The number of esters is 1. The van der Waals surface area contributed by atoms with Crippen molar-refractivity contribution in [3.63, 3.8) is 0 Å². The third kappa shape index (κ3) is 2.71. The lowest BCUT2D eigenvalue weighted by molar-refractivity contribution is -0.148. The van der Waals surface area contributed by atoms with Gasteiger partial charge >= 0.3 is 5.97 Å². The van der Waals surface area contributed by atoms with Crippen molar-refractivity contribution in [3.8, 4) is 0 Å². The summed E-state index contributed by atoms with van der Waals surface area (Å²) < 4.78 is 4.85. The minimum Gasteiger partial charge on any atom is -0.468 e. The molecule has 0 spiro atoms. The van der Waals surface area contributed by atoms with Gasteiger partial charge in [-0.05, 0) is 32.9 Å². The van der Waals surface area contributed by atoms with E-state index in [0.717, 1.165) is 12.8 Å². The minimum absolute atomic E-state index is 0.0414. The van der Waals surface area contributed by atoms with Crippen LogP contribution in [0.4, 0.5) is 0 Å². The largest absolute Gasteiger partial charge is 0.468 e. The van der Waals surface area contributed by atoms with Crippen molar-refractivity contribution in [2.75, 3.05) is 21.2 Å². The van der Waals surface area contributed by atoms with Crippen LogP contribution in [0, 0.1) is 5.92 Å². The predicted octanol–water partition coefficient (Wildman–Crippen LogP) is 1.67. The molecule has 1 unspecified atom stereocenters. The maximum absolute atomic E-state index is 11.6. The highest BCUT2D eigenvalue weighted by atomic mass is 16.5. The molecule has 14 heavy (non-hydrogen) atoms. The van der Waals surface area contributed by atoms with Crippen molar-refractivity contribution >= 4 is 5.97 Å². The number of carbonyl (C=O) groups excluding carboxylic acids is 1. The Bertz CT molecular complexity index is 186. The van der Waals surface area contributed by atoms with E-state index in [4.69, 9.17) is 4.74 Å². The van der Waals surface area contributed by atoms with E-state index in [-0.39, 0.29) is 12.0 Å². The summed E-state index contributed by atoms with van der Waals surface area (Å²) in [6.45, 7) is 0. The molecule has 0 amide bonds. The zero-order valence-corrected chi connectivity index (χ0v) is 9.45. The van der Waals surface area contributed by atoms with Gasteiger partial charge in [0.1, 0.15) is 6.04 Å². The molecule has 0 aromatic rings. The van der Waals surface area contributed by atoms with Crippen LogP contribution in [0.3, 0.4) is 0 Å². The van der Waals surface area contributed by atoms with Crippen molar-refractivity contribution in [1.82, 2.24) is 4.90 Å². The first-order chi connectivity index (χ1) is 6.66. The molecular formula is C11H21NO2. The van der Waals surface area contributed by atoms with Crippen LogP contribution in [0.1, 0.15) is 32.1 Å². The molecule has 3 nitrogen and oxygen atoms in total. The van der Waals surface area contributed by atoms with Gasteiger partial charge in [-0.1, -0.05) is 19.3 Å². The summed E-state index contributed by atoms with van der Waals surface area (Å²) in [6.07, 6.45) is 6.16. The summed E-state index contributed by atoms with van der Waals surface area (Å²) >= 11 is 0. The minimum atomic E-state index is -0.0816. The number of carbonyl (C=O) groups is 1. The number of nitrogens with zero attached hydrogens (tertiary/aromatic N) is 1. The van der Waals surface area contributed by atoms with Gasteiger partial charge in [-0.3, -0.25) is 9.69 Å². The summed E-state index contributed by atoms with van der Waals surface area (Å²) in [7, 11) is 5.38. The van der Waals surface area contributed by atoms with Gasteiger partial charge < -0.3 is 4.74 Å². The Morgan fingerprint density at radius 3 is 2.29 bits per heavy atom. The van der Waals surface area contributed by atoms with Gasteiger partial charge in [0.2, 0.25) is 0 Å². The van der Waals surface area contributed by atoms with Gasteiger partial charge in [0.25, 0.3) is 0 Å². The lowest BCUT2D eigenvalue weighted by atomic mass is 9.83. The van der Waals surface area contributed by atoms with E-state index in [2.05, 4.69) is 0 Å². The van der Waals surface area contributed by atoms with Gasteiger partial charge in [0.15, 0.2) is 0 Å². The molecule has 0 heterocycles. The second-order valence-electron chi connectivity index (χ2n) is 4.33. The van der Waals surface area contributed by atoms with Crippen molar-refractivity contribution in [3.05, 3.63) is 0 Å². The molecule has 1 fully saturated rings. The molecule has 3 heteroatoms. The Labute approximate surface area is 86.4 Å². The Morgan fingerprint density at radius 1 is 1.29 bits per heavy atom. The van der Waals surface area contributed by atoms with E-state index in [9.17, 15) is 4.79 Å². The lowest BCUT2D eigenvalue weighted by Gasteiger charge is -2.32.